The average Bonchev–Trinajstić information content (AvgIpc) is 3.26. The SMILES string of the molecule is CCOC(=O)C1=C(C)N=c2s/c(=C\c3cccc(OCc4ccccc4Cl)c3)c(=O)n2[C@H]1c1ccc(OCC)cc1. The second-order valence-electron chi connectivity index (χ2n) is 9.26. The van der Waals surface area contributed by atoms with E-state index in [1.165, 1.54) is 11.3 Å². The second-order valence-corrected chi connectivity index (χ2v) is 10.7. The lowest BCUT2D eigenvalue weighted by Crippen LogP contribution is -2.39. The Kier molecular flexibility index (Phi) is 8.71. The molecule has 0 spiro atoms. The maximum Gasteiger partial charge on any atom is 0.338 e. The largest absolute Gasteiger partial charge is 0.494 e. The maximum absolute atomic E-state index is 13.9. The van der Waals surface area contributed by atoms with Crippen LogP contribution in [0.2, 0.25) is 5.02 Å². The van der Waals surface area contributed by atoms with E-state index in [0.29, 0.717) is 50.3 Å². The molecule has 0 bridgehead atoms. The molecule has 0 amide bonds. The molecule has 2 heterocycles. The Hall–Kier alpha value is -4.14. The first kappa shape index (κ1) is 28.4. The molecule has 1 atom stereocenters. The third-order valence-corrected chi connectivity index (χ3v) is 7.88. The zero-order valence-corrected chi connectivity index (χ0v) is 24.5. The van der Waals surface area contributed by atoms with Gasteiger partial charge in [0.2, 0.25) is 0 Å². The normalized spacial score (nSPS) is 14.8. The zero-order chi connectivity index (χ0) is 28.9. The van der Waals surface area contributed by atoms with Gasteiger partial charge in [-0.1, -0.05) is 65.4 Å². The van der Waals surface area contributed by atoms with Gasteiger partial charge in [0, 0.05) is 10.6 Å². The molecule has 1 aromatic heterocycles. The average molecular weight is 589 g/mol. The van der Waals surface area contributed by atoms with Crippen LogP contribution in [0.5, 0.6) is 11.5 Å². The Morgan fingerprint density at radius 2 is 1.78 bits per heavy atom. The molecular formula is C32H29ClN2O5S. The van der Waals surface area contributed by atoms with Crippen molar-refractivity contribution < 1.29 is 19.0 Å². The summed E-state index contributed by atoms with van der Waals surface area (Å²) in [5.74, 6) is 0.864. The number of halogens is 1. The number of hydrogen-bond acceptors (Lipinski definition) is 7. The molecule has 0 N–H and O–H groups in total. The summed E-state index contributed by atoms with van der Waals surface area (Å²) >= 11 is 7.54. The molecule has 0 saturated heterocycles. The topological polar surface area (TPSA) is 79.1 Å². The van der Waals surface area contributed by atoms with Gasteiger partial charge in [0.1, 0.15) is 18.1 Å². The fraction of sp³-hybridized carbons (Fsp3) is 0.219. The van der Waals surface area contributed by atoms with E-state index in [1.54, 1.807) is 18.4 Å². The van der Waals surface area contributed by atoms with Crippen LogP contribution in [0.15, 0.2) is 93.9 Å². The summed E-state index contributed by atoms with van der Waals surface area (Å²) in [6.07, 6.45) is 1.81. The summed E-state index contributed by atoms with van der Waals surface area (Å²) in [6, 6.07) is 21.7. The molecule has 41 heavy (non-hydrogen) atoms. The third kappa shape index (κ3) is 6.14. The van der Waals surface area contributed by atoms with E-state index in [9.17, 15) is 9.59 Å². The first-order chi connectivity index (χ1) is 19.9. The summed E-state index contributed by atoms with van der Waals surface area (Å²) in [6.45, 7) is 6.51. The van der Waals surface area contributed by atoms with E-state index in [0.717, 1.165) is 16.7 Å². The van der Waals surface area contributed by atoms with Crippen molar-refractivity contribution in [3.8, 4) is 11.5 Å². The predicted molar refractivity (Wildman–Crippen MR) is 160 cm³/mol. The third-order valence-electron chi connectivity index (χ3n) is 6.53. The Bertz CT molecular complexity index is 1790. The predicted octanol–water partition coefficient (Wildman–Crippen LogP) is 5.43. The van der Waals surface area contributed by atoms with E-state index in [1.807, 2.05) is 85.8 Å². The highest BCUT2D eigenvalue weighted by Crippen LogP contribution is 2.31. The van der Waals surface area contributed by atoms with Crippen LogP contribution < -0.4 is 24.4 Å². The number of carbonyl (C=O) groups is 1. The summed E-state index contributed by atoms with van der Waals surface area (Å²) in [7, 11) is 0. The Balaban J connectivity index is 1.54. The van der Waals surface area contributed by atoms with Crippen LogP contribution >= 0.6 is 22.9 Å². The molecule has 1 aliphatic rings. The fourth-order valence-electron chi connectivity index (χ4n) is 4.64. The molecule has 5 rings (SSSR count). The number of rotatable bonds is 9. The van der Waals surface area contributed by atoms with Crippen LogP contribution in [0.25, 0.3) is 6.08 Å². The summed E-state index contributed by atoms with van der Waals surface area (Å²) in [4.78, 5) is 32.1. The number of aromatic nitrogens is 1. The molecule has 4 aromatic rings. The van der Waals surface area contributed by atoms with Crippen LogP contribution in [-0.4, -0.2) is 23.8 Å². The molecule has 0 unspecified atom stereocenters. The Morgan fingerprint density at radius 3 is 2.51 bits per heavy atom. The van der Waals surface area contributed by atoms with E-state index >= 15 is 0 Å². The van der Waals surface area contributed by atoms with Crippen molar-refractivity contribution in [3.05, 3.63) is 125 Å². The van der Waals surface area contributed by atoms with Crippen molar-refractivity contribution in [2.24, 2.45) is 4.99 Å². The summed E-state index contributed by atoms with van der Waals surface area (Å²) < 4.78 is 19.0. The number of ether oxygens (including phenoxy) is 3. The number of carbonyl (C=O) groups excluding carboxylic acids is 1. The molecule has 1 aliphatic heterocycles. The molecule has 0 radical (unpaired) electrons. The zero-order valence-electron chi connectivity index (χ0n) is 22.9. The van der Waals surface area contributed by atoms with Gasteiger partial charge in [0.15, 0.2) is 4.80 Å². The van der Waals surface area contributed by atoms with Crippen molar-refractivity contribution in [1.29, 1.82) is 0 Å². The van der Waals surface area contributed by atoms with Gasteiger partial charge < -0.3 is 14.2 Å². The number of nitrogens with zero attached hydrogens (tertiary/aromatic N) is 2. The monoisotopic (exact) mass is 588 g/mol. The van der Waals surface area contributed by atoms with E-state index in [-0.39, 0.29) is 12.2 Å². The number of allylic oxidation sites excluding steroid dienone is 1. The highest BCUT2D eigenvalue weighted by Gasteiger charge is 2.33. The number of esters is 1. The standard InChI is InChI=1S/C32H29ClN2O5S/c1-4-38-24-15-13-22(14-16-24)29-28(31(37)39-5-2)20(3)34-32-35(29)30(36)27(41-32)18-21-9-8-11-25(17-21)40-19-23-10-6-7-12-26(23)33/h6-18,29H,4-5,19H2,1-3H3/b27-18-/t29-/m0/s1. The summed E-state index contributed by atoms with van der Waals surface area (Å²) in [5, 5.41) is 0.643. The first-order valence-corrected chi connectivity index (χ1v) is 14.5. The number of hydrogen-bond donors (Lipinski definition) is 0. The second kappa shape index (κ2) is 12.6. The van der Waals surface area contributed by atoms with Crippen LogP contribution in [0, 0.1) is 0 Å². The number of thiazole rings is 1. The minimum absolute atomic E-state index is 0.213. The molecule has 0 aliphatic carbocycles. The van der Waals surface area contributed by atoms with Gasteiger partial charge >= 0.3 is 5.97 Å². The maximum atomic E-state index is 13.9. The van der Waals surface area contributed by atoms with Gasteiger partial charge in [-0.25, -0.2) is 9.79 Å². The van der Waals surface area contributed by atoms with Crippen molar-refractivity contribution in [2.75, 3.05) is 13.2 Å². The molecule has 0 saturated carbocycles. The smallest absolute Gasteiger partial charge is 0.338 e. The first-order valence-electron chi connectivity index (χ1n) is 13.3. The van der Waals surface area contributed by atoms with Crippen molar-refractivity contribution in [3.63, 3.8) is 0 Å². The van der Waals surface area contributed by atoms with Gasteiger partial charge in [-0.2, -0.15) is 0 Å². The molecular weight excluding hydrogens is 560 g/mol. The number of benzene rings is 3. The van der Waals surface area contributed by atoms with Crippen molar-refractivity contribution >= 4 is 35.0 Å². The lowest BCUT2D eigenvalue weighted by molar-refractivity contribution is -0.139. The minimum Gasteiger partial charge on any atom is -0.494 e. The molecule has 9 heteroatoms. The molecule has 210 valence electrons. The van der Waals surface area contributed by atoms with Gasteiger partial charge in [0.05, 0.1) is 35.1 Å². The lowest BCUT2D eigenvalue weighted by Gasteiger charge is -2.24. The minimum atomic E-state index is -0.687. The van der Waals surface area contributed by atoms with E-state index < -0.39 is 12.0 Å². The fourth-order valence-corrected chi connectivity index (χ4v) is 5.88. The highest BCUT2D eigenvalue weighted by molar-refractivity contribution is 7.07. The van der Waals surface area contributed by atoms with Crippen LogP contribution in [0.4, 0.5) is 0 Å². The molecule has 3 aromatic carbocycles. The quantitative estimate of drug-likeness (QED) is 0.244. The summed E-state index contributed by atoms with van der Waals surface area (Å²) in [5.41, 5.74) is 3.05. The van der Waals surface area contributed by atoms with Gasteiger partial charge in [0.25, 0.3) is 5.56 Å². The van der Waals surface area contributed by atoms with Gasteiger partial charge in [-0.15, -0.1) is 0 Å². The molecule has 7 nitrogen and oxygen atoms in total. The van der Waals surface area contributed by atoms with Gasteiger partial charge in [-0.05, 0) is 68.3 Å². The van der Waals surface area contributed by atoms with E-state index in [2.05, 4.69) is 4.99 Å². The van der Waals surface area contributed by atoms with Crippen molar-refractivity contribution in [1.82, 2.24) is 4.57 Å². The van der Waals surface area contributed by atoms with E-state index in [4.69, 9.17) is 25.8 Å². The Labute approximate surface area is 246 Å². The Morgan fingerprint density at radius 1 is 1.00 bits per heavy atom. The highest BCUT2D eigenvalue weighted by atomic mass is 35.5. The molecule has 0 fully saturated rings. The van der Waals surface area contributed by atoms with Crippen LogP contribution in [0.1, 0.15) is 43.5 Å². The van der Waals surface area contributed by atoms with Crippen molar-refractivity contribution in [2.45, 2.75) is 33.4 Å². The van der Waals surface area contributed by atoms with Crippen LogP contribution in [0.3, 0.4) is 0 Å². The lowest BCUT2D eigenvalue weighted by atomic mass is 9.96. The number of fused-ring (bicyclic) bond motifs is 1. The van der Waals surface area contributed by atoms with Crippen LogP contribution in [-0.2, 0) is 16.1 Å². The van der Waals surface area contributed by atoms with Gasteiger partial charge in [-0.3, -0.25) is 9.36 Å².